The molecule has 0 bridgehead atoms. The van der Waals surface area contributed by atoms with E-state index in [1.54, 1.807) is 0 Å². The molecule has 0 atom stereocenters. The van der Waals surface area contributed by atoms with Crippen LogP contribution < -0.4 is 5.32 Å². The van der Waals surface area contributed by atoms with Gasteiger partial charge in [-0.1, -0.05) is 13.3 Å². The number of unbranched alkanes of at least 4 members (excludes halogenated alkanes) is 2. The first-order valence-corrected chi connectivity index (χ1v) is 7.44. The fourth-order valence-electron chi connectivity index (χ4n) is 2.29. The van der Waals surface area contributed by atoms with Crippen LogP contribution in [0.1, 0.15) is 45.4 Å². The van der Waals surface area contributed by atoms with Gasteiger partial charge in [-0.2, -0.15) is 0 Å². The molecule has 102 valence electrons. The molecule has 0 amide bonds. The van der Waals surface area contributed by atoms with Crippen molar-refractivity contribution in [2.45, 2.75) is 45.4 Å². The maximum Gasteiger partial charge on any atom is 0.0593 e. The third-order valence-electron chi connectivity index (χ3n) is 3.39. The summed E-state index contributed by atoms with van der Waals surface area (Å²) in [5.74, 6) is 0. The summed E-state index contributed by atoms with van der Waals surface area (Å²) >= 11 is 0. The molecule has 0 aromatic rings. The Labute approximate surface area is 107 Å². The molecule has 0 saturated carbocycles. The molecule has 0 spiro atoms. The molecule has 1 aliphatic heterocycles. The first-order valence-electron chi connectivity index (χ1n) is 7.44. The van der Waals surface area contributed by atoms with Gasteiger partial charge in [-0.05, 0) is 58.3 Å². The summed E-state index contributed by atoms with van der Waals surface area (Å²) in [5.41, 5.74) is 0. The SMILES string of the molecule is CCNCCCCCOCCN1CCCCC1. The average Bonchev–Trinajstić information content (AvgIpc) is 2.38. The molecular formula is C14H30N2O. The van der Waals surface area contributed by atoms with Crippen molar-refractivity contribution >= 4 is 0 Å². The maximum absolute atomic E-state index is 5.68. The third-order valence-corrected chi connectivity index (χ3v) is 3.39. The van der Waals surface area contributed by atoms with Gasteiger partial charge >= 0.3 is 0 Å². The Bertz CT molecular complexity index is 158. The highest BCUT2D eigenvalue weighted by Gasteiger charge is 2.08. The molecule has 1 fully saturated rings. The Morgan fingerprint density at radius 1 is 1.00 bits per heavy atom. The first-order chi connectivity index (χ1) is 8.43. The summed E-state index contributed by atoms with van der Waals surface area (Å²) < 4.78 is 5.68. The van der Waals surface area contributed by atoms with Crippen LogP contribution in [-0.2, 0) is 4.74 Å². The van der Waals surface area contributed by atoms with Crippen molar-refractivity contribution in [1.82, 2.24) is 10.2 Å². The van der Waals surface area contributed by atoms with E-state index >= 15 is 0 Å². The Morgan fingerprint density at radius 3 is 2.59 bits per heavy atom. The van der Waals surface area contributed by atoms with Crippen LogP contribution in [0.25, 0.3) is 0 Å². The molecule has 1 heterocycles. The zero-order valence-electron chi connectivity index (χ0n) is 11.5. The van der Waals surface area contributed by atoms with Gasteiger partial charge in [0.2, 0.25) is 0 Å². The maximum atomic E-state index is 5.68. The fraction of sp³-hybridized carbons (Fsp3) is 1.00. The van der Waals surface area contributed by atoms with Gasteiger partial charge in [-0.3, -0.25) is 0 Å². The van der Waals surface area contributed by atoms with E-state index in [0.29, 0.717) is 0 Å². The molecular weight excluding hydrogens is 212 g/mol. The predicted octanol–water partition coefficient (Wildman–Crippen LogP) is 2.27. The number of rotatable bonds is 10. The van der Waals surface area contributed by atoms with Crippen molar-refractivity contribution in [2.75, 3.05) is 45.9 Å². The van der Waals surface area contributed by atoms with Crippen molar-refractivity contribution < 1.29 is 4.74 Å². The lowest BCUT2D eigenvalue weighted by atomic mass is 10.1. The van der Waals surface area contributed by atoms with E-state index in [4.69, 9.17) is 4.74 Å². The Kier molecular flexibility index (Phi) is 9.66. The molecule has 1 N–H and O–H groups in total. The topological polar surface area (TPSA) is 24.5 Å². The van der Waals surface area contributed by atoms with E-state index in [1.807, 2.05) is 0 Å². The number of likely N-dealkylation sites (tertiary alicyclic amines) is 1. The molecule has 0 aromatic heterocycles. The highest BCUT2D eigenvalue weighted by Crippen LogP contribution is 2.07. The predicted molar refractivity (Wildman–Crippen MR) is 73.5 cm³/mol. The van der Waals surface area contributed by atoms with Crippen molar-refractivity contribution in [3.8, 4) is 0 Å². The zero-order valence-corrected chi connectivity index (χ0v) is 11.5. The van der Waals surface area contributed by atoms with Crippen molar-refractivity contribution in [3.63, 3.8) is 0 Å². The van der Waals surface area contributed by atoms with E-state index in [2.05, 4.69) is 17.1 Å². The summed E-state index contributed by atoms with van der Waals surface area (Å²) in [6, 6.07) is 0. The van der Waals surface area contributed by atoms with Gasteiger partial charge < -0.3 is 15.0 Å². The minimum absolute atomic E-state index is 0.924. The highest BCUT2D eigenvalue weighted by atomic mass is 16.5. The largest absolute Gasteiger partial charge is 0.380 e. The zero-order chi connectivity index (χ0) is 12.2. The Morgan fingerprint density at radius 2 is 1.82 bits per heavy atom. The molecule has 1 aliphatic rings. The van der Waals surface area contributed by atoms with Crippen LogP contribution in [-0.4, -0.2) is 50.8 Å². The van der Waals surface area contributed by atoms with Gasteiger partial charge in [0.25, 0.3) is 0 Å². The van der Waals surface area contributed by atoms with Crippen LogP contribution in [0.3, 0.4) is 0 Å². The highest BCUT2D eigenvalue weighted by molar-refractivity contribution is 4.63. The second-order valence-electron chi connectivity index (χ2n) is 4.93. The van der Waals surface area contributed by atoms with Crippen LogP contribution >= 0.6 is 0 Å². The number of piperidine rings is 1. The Balaban J connectivity index is 1.75. The van der Waals surface area contributed by atoms with Gasteiger partial charge in [-0.15, -0.1) is 0 Å². The fourth-order valence-corrected chi connectivity index (χ4v) is 2.29. The standard InChI is InChI=1S/C14H30N2O/c1-2-15-9-5-3-8-13-17-14-12-16-10-6-4-7-11-16/h15H,2-14H2,1H3. The number of nitrogens with one attached hydrogen (secondary N) is 1. The van der Waals surface area contributed by atoms with Crippen molar-refractivity contribution in [3.05, 3.63) is 0 Å². The minimum Gasteiger partial charge on any atom is -0.380 e. The number of hydrogen-bond donors (Lipinski definition) is 1. The lowest BCUT2D eigenvalue weighted by molar-refractivity contribution is 0.0939. The van der Waals surface area contributed by atoms with E-state index in [1.165, 1.54) is 51.6 Å². The molecule has 0 aliphatic carbocycles. The average molecular weight is 242 g/mol. The van der Waals surface area contributed by atoms with Crippen LogP contribution in [0.2, 0.25) is 0 Å². The first kappa shape index (κ1) is 14.9. The molecule has 1 saturated heterocycles. The van der Waals surface area contributed by atoms with Gasteiger partial charge in [0.15, 0.2) is 0 Å². The van der Waals surface area contributed by atoms with Crippen LogP contribution in [0, 0.1) is 0 Å². The van der Waals surface area contributed by atoms with Gasteiger partial charge in [0, 0.05) is 13.2 Å². The van der Waals surface area contributed by atoms with Gasteiger partial charge in [0.1, 0.15) is 0 Å². The summed E-state index contributed by atoms with van der Waals surface area (Å²) in [6.45, 7) is 9.98. The molecule has 3 heteroatoms. The number of ether oxygens (including phenoxy) is 1. The monoisotopic (exact) mass is 242 g/mol. The molecule has 0 aromatic carbocycles. The van der Waals surface area contributed by atoms with Gasteiger partial charge in [-0.25, -0.2) is 0 Å². The number of hydrogen-bond acceptors (Lipinski definition) is 3. The van der Waals surface area contributed by atoms with E-state index < -0.39 is 0 Å². The molecule has 0 unspecified atom stereocenters. The second kappa shape index (κ2) is 11.0. The van der Waals surface area contributed by atoms with E-state index in [-0.39, 0.29) is 0 Å². The molecule has 0 radical (unpaired) electrons. The van der Waals surface area contributed by atoms with Crippen LogP contribution in [0.4, 0.5) is 0 Å². The molecule has 1 rings (SSSR count). The third kappa shape index (κ3) is 8.58. The summed E-state index contributed by atoms with van der Waals surface area (Å²) in [6.07, 6.45) is 7.96. The minimum atomic E-state index is 0.924. The van der Waals surface area contributed by atoms with Crippen LogP contribution in [0.15, 0.2) is 0 Å². The Hall–Kier alpha value is -0.120. The lowest BCUT2D eigenvalue weighted by Crippen LogP contribution is -2.32. The van der Waals surface area contributed by atoms with Gasteiger partial charge in [0.05, 0.1) is 6.61 Å². The molecule has 3 nitrogen and oxygen atoms in total. The lowest BCUT2D eigenvalue weighted by Gasteiger charge is -2.26. The van der Waals surface area contributed by atoms with Crippen molar-refractivity contribution in [1.29, 1.82) is 0 Å². The summed E-state index contributed by atoms with van der Waals surface area (Å²) in [4.78, 5) is 2.54. The normalized spacial score (nSPS) is 17.5. The quantitative estimate of drug-likeness (QED) is 0.595. The smallest absolute Gasteiger partial charge is 0.0593 e. The summed E-state index contributed by atoms with van der Waals surface area (Å²) in [5, 5.41) is 3.35. The second-order valence-corrected chi connectivity index (χ2v) is 4.93. The van der Waals surface area contributed by atoms with Crippen molar-refractivity contribution in [2.24, 2.45) is 0 Å². The molecule has 17 heavy (non-hydrogen) atoms. The van der Waals surface area contributed by atoms with E-state index in [9.17, 15) is 0 Å². The van der Waals surface area contributed by atoms with Crippen LogP contribution in [0.5, 0.6) is 0 Å². The van der Waals surface area contributed by atoms with E-state index in [0.717, 1.165) is 32.8 Å². The number of nitrogens with zero attached hydrogens (tertiary/aromatic N) is 1. The summed E-state index contributed by atoms with van der Waals surface area (Å²) in [7, 11) is 0.